The van der Waals surface area contributed by atoms with Gasteiger partial charge in [-0.2, -0.15) is 0 Å². The maximum Gasteiger partial charge on any atom is 0.328 e. The lowest BCUT2D eigenvalue weighted by Gasteiger charge is -2.12. The number of carboxylic acids is 1. The molecule has 2 aromatic carbocycles. The predicted octanol–water partition coefficient (Wildman–Crippen LogP) is 5.30. The van der Waals surface area contributed by atoms with E-state index in [1.807, 2.05) is 19.1 Å². The van der Waals surface area contributed by atoms with E-state index in [-0.39, 0.29) is 0 Å². The van der Waals surface area contributed by atoms with Crippen LogP contribution in [0.2, 0.25) is 5.02 Å². The van der Waals surface area contributed by atoms with Crippen LogP contribution in [-0.2, 0) is 4.79 Å². The third-order valence-electron chi connectivity index (χ3n) is 2.75. The smallest absolute Gasteiger partial charge is 0.328 e. The van der Waals surface area contributed by atoms with E-state index >= 15 is 0 Å². The van der Waals surface area contributed by atoms with E-state index in [1.165, 1.54) is 6.08 Å². The lowest BCUT2D eigenvalue weighted by molar-refractivity contribution is -0.131. The molecule has 0 aliphatic carbocycles. The zero-order valence-corrected chi connectivity index (χ0v) is 13.5. The average Bonchev–Trinajstić information content (AvgIpc) is 2.42. The number of hydrogen-bond donors (Lipinski definition) is 1. The van der Waals surface area contributed by atoms with Gasteiger partial charge >= 0.3 is 5.97 Å². The maximum atomic E-state index is 10.7. The number of hydrogen-bond acceptors (Lipinski definition) is 2. The van der Waals surface area contributed by atoms with Crippen LogP contribution in [0.5, 0.6) is 11.5 Å². The van der Waals surface area contributed by atoms with Crippen LogP contribution in [0.3, 0.4) is 0 Å². The van der Waals surface area contributed by atoms with Crippen molar-refractivity contribution in [1.29, 1.82) is 0 Å². The van der Waals surface area contributed by atoms with E-state index in [0.29, 0.717) is 22.1 Å². The van der Waals surface area contributed by atoms with Gasteiger partial charge in [-0.05, 0) is 42.8 Å². The Labute approximate surface area is 135 Å². The van der Waals surface area contributed by atoms with E-state index in [1.54, 1.807) is 24.3 Å². The topological polar surface area (TPSA) is 46.5 Å². The van der Waals surface area contributed by atoms with Gasteiger partial charge in [0.25, 0.3) is 0 Å². The molecular formula is C16H12BrClO3. The summed E-state index contributed by atoms with van der Waals surface area (Å²) < 4.78 is 6.71. The van der Waals surface area contributed by atoms with Gasteiger partial charge in [-0.3, -0.25) is 0 Å². The molecule has 0 fully saturated rings. The molecule has 0 atom stereocenters. The highest BCUT2D eigenvalue weighted by atomic mass is 79.9. The van der Waals surface area contributed by atoms with E-state index in [4.69, 9.17) is 21.4 Å². The van der Waals surface area contributed by atoms with Crippen molar-refractivity contribution < 1.29 is 14.6 Å². The molecule has 108 valence electrons. The Hall–Kier alpha value is -1.78. The molecule has 0 spiro atoms. The lowest BCUT2D eigenvalue weighted by Crippen LogP contribution is -1.91. The van der Waals surface area contributed by atoms with Gasteiger partial charge < -0.3 is 9.84 Å². The summed E-state index contributed by atoms with van der Waals surface area (Å²) in [7, 11) is 0. The largest absolute Gasteiger partial charge is 0.478 e. The number of aryl methyl sites for hydroxylation is 1. The molecule has 0 amide bonds. The molecule has 0 bridgehead atoms. The summed E-state index contributed by atoms with van der Waals surface area (Å²) in [6, 6.07) is 10.8. The summed E-state index contributed by atoms with van der Waals surface area (Å²) >= 11 is 9.35. The Balaban J connectivity index is 2.40. The SMILES string of the molecule is Cc1ccc(Cl)cc1Oc1cc(Br)ccc1C=CC(=O)O. The van der Waals surface area contributed by atoms with Gasteiger partial charge in [-0.15, -0.1) is 0 Å². The molecule has 3 nitrogen and oxygen atoms in total. The molecule has 0 radical (unpaired) electrons. The van der Waals surface area contributed by atoms with Crippen molar-refractivity contribution in [3.63, 3.8) is 0 Å². The van der Waals surface area contributed by atoms with Crippen LogP contribution in [0.1, 0.15) is 11.1 Å². The van der Waals surface area contributed by atoms with Crippen molar-refractivity contribution in [2.45, 2.75) is 6.92 Å². The number of halogens is 2. The summed E-state index contributed by atoms with van der Waals surface area (Å²) in [6.45, 7) is 1.91. The minimum Gasteiger partial charge on any atom is -0.478 e. The van der Waals surface area contributed by atoms with Gasteiger partial charge in [0.05, 0.1) is 0 Å². The highest BCUT2D eigenvalue weighted by molar-refractivity contribution is 9.10. The average molecular weight is 368 g/mol. The molecular weight excluding hydrogens is 356 g/mol. The Morgan fingerprint density at radius 2 is 2.00 bits per heavy atom. The minimum atomic E-state index is -1.01. The van der Waals surface area contributed by atoms with Gasteiger partial charge in [0.2, 0.25) is 0 Å². The third kappa shape index (κ3) is 4.34. The first-order valence-corrected chi connectivity index (χ1v) is 7.27. The van der Waals surface area contributed by atoms with E-state index in [0.717, 1.165) is 16.1 Å². The van der Waals surface area contributed by atoms with Crippen LogP contribution in [0.25, 0.3) is 6.08 Å². The van der Waals surface area contributed by atoms with Crippen LogP contribution in [0, 0.1) is 6.92 Å². The second-order valence-electron chi connectivity index (χ2n) is 4.37. The van der Waals surface area contributed by atoms with Gasteiger partial charge in [0, 0.05) is 21.1 Å². The first kappa shape index (κ1) is 15.6. The number of aliphatic carboxylic acids is 1. The quantitative estimate of drug-likeness (QED) is 0.746. The summed E-state index contributed by atoms with van der Waals surface area (Å²) in [5.41, 5.74) is 1.60. The number of ether oxygens (including phenoxy) is 1. The molecule has 1 N–H and O–H groups in total. The molecule has 0 unspecified atom stereocenters. The molecule has 2 rings (SSSR count). The van der Waals surface area contributed by atoms with E-state index < -0.39 is 5.97 Å². The van der Waals surface area contributed by atoms with Crippen molar-refractivity contribution >= 4 is 39.6 Å². The maximum absolute atomic E-state index is 10.7. The zero-order chi connectivity index (χ0) is 15.4. The monoisotopic (exact) mass is 366 g/mol. The van der Waals surface area contributed by atoms with Crippen molar-refractivity contribution in [1.82, 2.24) is 0 Å². The molecule has 21 heavy (non-hydrogen) atoms. The molecule has 0 aliphatic heterocycles. The van der Waals surface area contributed by atoms with Gasteiger partial charge in [0.1, 0.15) is 11.5 Å². The third-order valence-corrected chi connectivity index (χ3v) is 3.48. The fourth-order valence-corrected chi connectivity index (χ4v) is 2.20. The van der Waals surface area contributed by atoms with E-state index in [9.17, 15) is 4.79 Å². The number of rotatable bonds is 4. The van der Waals surface area contributed by atoms with Crippen molar-refractivity contribution in [3.8, 4) is 11.5 Å². The molecule has 0 saturated heterocycles. The Morgan fingerprint density at radius 1 is 1.24 bits per heavy atom. The van der Waals surface area contributed by atoms with Gasteiger partial charge in [0.15, 0.2) is 0 Å². The van der Waals surface area contributed by atoms with Crippen LogP contribution >= 0.6 is 27.5 Å². The number of carbonyl (C=O) groups is 1. The van der Waals surface area contributed by atoms with E-state index in [2.05, 4.69) is 15.9 Å². The van der Waals surface area contributed by atoms with Crippen molar-refractivity contribution in [3.05, 3.63) is 63.1 Å². The molecule has 0 saturated carbocycles. The lowest BCUT2D eigenvalue weighted by atomic mass is 10.1. The number of benzene rings is 2. The minimum absolute atomic E-state index is 0.548. The molecule has 0 aliphatic rings. The fourth-order valence-electron chi connectivity index (χ4n) is 1.70. The molecule has 0 aromatic heterocycles. The second kappa shape index (κ2) is 6.78. The highest BCUT2D eigenvalue weighted by Crippen LogP contribution is 2.32. The highest BCUT2D eigenvalue weighted by Gasteiger charge is 2.07. The summed E-state index contributed by atoms with van der Waals surface area (Å²) in [6.07, 6.45) is 2.56. The Bertz CT molecular complexity index is 711. The summed E-state index contributed by atoms with van der Waals surface area (Å²) in [5, 5.41) is 9.31. The van der Waals surface area contributed by atoms with Crippen molar-refractivity contribution in [2.24, 2.45) is 0 Å². The number of carboxylic acid groups (broad SMARTS) is 1. The fraction of sp³-hybridized carbons (Fsp3) is 0.0625. The predicted molar refractivity (Wildman–Crippen MR) is 87.1 cm³/mol. The standard InChI is InChI=1S/C16H12BrClO3/c1-10-2-6-13(18)9-14(10)21-15-8-12(17)5-3-11(15)4-7-16(19)20/h2-9H,1H3,(H,19,20). The second-order valence-corrected chi connectivity index (χ2v) is 5.72. The Morgan fingerprint density at radius 3 is 2.71 bits per heavy atom. The zero-order valence-electron chi connectivity index (χ0n) is 11.1. The summed E-state index contributed by atoms with van der Waals surface area (Å²) in [4.78, 5) is 10.7. The van der Waals surface area contributed by atoms with Crippen LogP contribution in [-0.4, -0.2) is 11.1 Å². The molecule has 0 heterocycles. The Kier molecular flexibility index (Phi) is 5.04. The first-order valence-electron chi connectivity index (χ1n) is 6.10. The molecule has 5 heteroatoms. The van der Waals surface area contributed by atoms with Gasteiger partial charge in [-0.1, -0.05) is 39.7 Å². The van der Waals surface area contributed by atoms with Gasteiger partial charge in [-0.25, -0.2) is 4.79 Å². The van der Waals surface area contributed by atoms with Crippen LogP contribution in [0.4, 0.5) is 0 Å². The van der Waals surface area contributed by atoms with Crippen LogP contribution in [0.15, 0.2) is 46.9 Å². The first-order chi connectivity index (χ1) is 9.95. The van der Waals surface area contributed by atoms with Crippen molar-refractivity contribution in [2.75, 3.05) is 0 Å². The summed E-state index contributed by atoms with van der Waals surface area (Å²) in [5.74, 6) is 0.167. The van der Waals surface area contributed by atoms with Crippen LogP contribution < -0.4 is 4.74 Å². The molecule has 2 aromatic rings. The normalized spacial score (nSPS) is 10.8.